The number of benzene rings is 1. The quantitative estimate of drug-likeness (QED) is 0.863. The summed E-state index contributed by atoms with van der Waals surface area (Å²) < 4.78 is 0. The van der Waals surface area contributed by atoms with Crippen LogP contribution in [0.2, 0.25) is 5.02 Å². The van der Waals surface area contributed by atoms with Crippen LogP contribution in [0.4, 0.5) is 0 Å². The molecule has 2 amide bonds. The van der Waals surface area contributed by atoms with Crippen molar-refractivity contribution in [1.82, 2.24) is 10.2 Å². The van der Waals surface area contributed by atoms with E-state index >= 15 is 0 Å². The number of amides is 2. The van der Waals surface area contributed by atoms with Gasteiger partial charge in [0, 0.05) is 5.75 Å². The van der Waals surface area contributed by atoms with E-state index in [0.717, 1.165) is 0 Å². The molecule has 0 radical (unpaired) electrons. The van der Waals surface area contributed by atoms with Crippen LogP contribution in [-0.4, -0.2) is 52.0 Å². The molecular weight excluding hydrogens is 316 g/mol. The predicted molar refractivity (Wildman–Crippen MR) is 79.4 cm³/mol. The first kappa shape index (κ1) is 15.7. The molecule has 2 N–H and O–H groups in total. The Bertz CT molecular complexity index is 581. The normalized spacial score (nSPS) is 17.6. The zero-order chi connectivity index (χ0) is 15.4. The van der Waals surface area contributed by atoms with Crippen molar-refractivity contribution in [2.45, 2.75) is 6.04 Å². The maximum atomic E-state index is 12.0. The monoisotopic (exact) mass is 328 g/mol. The highest BCUT2D eigenvalue weighted by atomic mass is 35.5. The van der Waals surface area contributed by atoms with Gasteiger partial charge in [-0.15, -0.1) is 11.8 Å². The molecule has 1 saturated heterocycles. The average Bonchev–Trinajstić information content (AvgIpc) is 2.94. The van der Waals surface area contributed by atoms with Gasteiger partial charge in [-0.3, -0.25) is 9.59 Å². The van der Waals surface area contributed by atoms with E-state index in [1.165, 1.54) is 16.7 Å². The molecule has 0 saturated carbocycles. The Labute approximate surface area is 130 Å². The number of aliphatic carboxylic acids is 1. The van der Waals surface area contributed by atoms with E-state index < -0.39 is 23.8 Å². The number of carboxylic acid groups (broad SMARTS) is 1. The molecule has 112 valence electrons. The summed E-state index contributed by atoms with van der Waals surface area (Å²) in [6.07, 6.45) is 0. The Kier molecular flexibility index (Phi) is 5.08. The number of halogens is 1. The Hall–Kier alpha value is -1.73. The van der Waals surface area contributed by atoms with Crippen LogP contribution >= 0.6 is 23.4 Å². The van der Waals surface area contributed by atoms with E-state index in [4.69, 9.17) is 16.7 Å². The predicted octanol–water partition coefficient (Wildman–Crippen LogP) is 1.06. The lowest BCUT2D eigenvalue weighted by molar-refractivity contribution is -0.147. The van der Waals surface area contributed by atoms with E-state index in [1.54, 1.807) is 24.3 Å². The van der Waals surface area contributed by atoms with Crippen molar-refractivity contribution in [2.24, 2.45) is 0 Å². The Balaban J connectivity index is 1.94. The van der Waals surface area contributed by atoms with E-state index in [1.807, 2.05) is 0 Å². The highest BCUT2D eigenvalue weighted by molar-refractivity contribution is 7.99. The Morgan fingerprint density at radius 1 is 1.38 bits per heavy atom. The summed E-state index contributed by atoms with van der Waals surface area (Å²) >= 11 is 7.26. The molecule has 0 spiro atoms. The highest BCUT2D eigenvalue weighted by Gasteiger charge is 2.34. The second-order valence-corrected chi connectivity index (χ2v) is 5.79. The average molecular weight is 329 g/mol. The van der Waals surface area contributed by atoms with E-state index in [9.17, 15) is 14.4 Å². The van der Waals surface area contributed by atoms with Crippen molar-refractivity contribution in [3.63, 3.8) is 0 Å². The van der Waals surface area contributed by atoms with Crippen molar-refractivity contribution in [1.29, 1.82) is 0 Å². The minimum absolute atomic E-state index is 0.256. The van der Waals surface area contributed by atoms with E-state index in [-0.39, 0.29) is 12.1 Å². The SMILES string of the molecule is O=C(NCC(=O)N1CSC[C@H]1C(=O)O)c1ccccc1Cl. The molecule has 0 unspecified atom stereocenters. The molecule has 6 nitrogen and oxygen atoms in total. The smallest absolute Gasteiger partial charge is 0.327 e. The number of carboxylic acids is 1. The van der Waals surface area contributed by atoms with Gasteiger partial charge in [-0.2, -0.15) is 0 Å². The first-order valence-electron chi connectivity index (χ1n) is 6.13. The van der Waals surface area contributed by atoms with Crippen molar-refractivity contribution < 1.29 is 19.5 Å². The summed E-state index contributed by atoms with van der Waals surface area (Å²) in [5.74, 6) is -1.25. The molecule has 1 atom stereocenters. The van der Waals surface area contributed by atoms with Crippen LogP contribution in [0, 0.1) is 0 Å². The third kappa shape index (κ3) is 3.68. The first-order chi connectivity index (χ1) is 10.0. The number of nitrogens with one attached hydrogen (secondary N) is 1. The topological polar surface area (TPSA) is 86.7 Å². The fourth-order valence-electron chi connectivity index (χ4n) is 1.89. The molecule has 1 aliphatic rings. The van der Waals surface area contributed by atoms with Crippen LogP contribution in [0.1, 0.15) is 10.4 Å². The molecule has 1 aromatic rings. The molecule has 1 heterocycles. The van der Waals surface area contributed by atoms with E-state index in [0.29, 0.717) is 16.7 Å². The Morgan fingerprint density at radius 3 is 2.76 bits per heavy atom. The molecule has 2 rings (SSSR count). The van der Waals surface area contributed by atoms with Gasteiger partial charge in [0.05, 0.1) is 23.0 Å². The van der Waals surface area contributed by atoms with Crippen molar-refractivity contribution in [3.05, 3.63) is 34.9 Å². The van der Waals surface area contributed by atoms with Crippen LogP contribution in [-0.2, 0) is 9.59 Å². The molecule has 1 aliphatic heterocycles. The second-order valence-electron chi connectivity index (χ2n) is 4.38. The second kappa shape index (κ2) is 6.82. The van der Waals surface area contributed by atoms with Crippen LogP contribution in [0.15, 0.2) is 24.3 Å². The lowest BCUT2D eigenvalue weighted by Crippen LogP contribution is -2.46. The van der Waals surface area contributed by atoms with Crippen LogP contribution in [0.3, 0.4) is 0 Å². The van der Waals surface area contributed by atoms with E-state index in [2.05, 4.69) is 5.32 Å². The summed E-state index contributed by atoms with van der Waals surface area (Å²) in [5, 5.41) is 11.8. The van der Waals surface area contributed by atoms with Gasteiger partial charge in [-0.05, 0) is 12.1 Å². The van der Waals surface area contributed by atoms with Crippen molar-refractivity contribution >= 4 is 41.1 Å². The van der Waals surface area contributed by atoms with Crippen molar-refractivity contribution in [3.8, 4) is 0 Å². The zero-order valence-electron chi connectivity index (χ0n) is 10.9. The number of carbonyl (C=O) groups is 3. The molecular formula is C13H13ClN2O4S. The number of hydrogen-bond acceptors (Lipinski definition) is 4. The summed E-state index contributed by atoms with van der Waals surface area (Å²) in [4.78, 5) is 36.2. The van der Waals surface area contributed by atoms with Gasteiger partial charge in [0.15, 0.2) is 0 Å². The minimum atomic E-state index is -1.04. The molecule has 1 aromatic carbocycles. The molecule has 0 aromatic heterocycles. The van der Waals surface area contributed by atoms with Crippen LogP contribution < -0.4 is 5.32 Å². The van der Waals surface area contributed by atoms with Gasteiger partial charge in [0.1, 0.15) is 6.04 Å². The standard InChI is InChI=1S/C13H13ClN2O4S/c14-9-4-2-1-3-8(9)12(18)15-5-11(17)16-7-21-6-10(16)13(19)20/h1-4,10H,5-7H2,(H,15,18)(H,19,20)/t10-/m0/s1. The summed E-state index contributed by atoms with van der Waals surface area (Å²) in [7, 11) is 0. The number of rotatable bonds is 4. The molecule has 0 aliphatic carbocycles. The maximum Gasteiger partial charge on any atom is 0.327 e. The molecule has 21 heavy (non-hydrogen) atoms. The largest absolute Gasteiger partial charge is 0.480 e. The minimum Gasteiger partial charge on any atom is -0.480 e. The fraction of sp³-hybridized carbons (Fsp3) is 0.308. The first-order valence-corrected chi connectivity index (χ1v) is 7.66. The molecule has 8 heteroatoms. The third-order valence-electron chi connectivity index (χ3n) is 3.01. The lowest BCUT2D eigenvalue weighted by Gasteiger charge is -2.20. The van der Waals surface area contributed by atoms with Gasteiger partial charge in [0.25, 0.3) is 5.91 Å². The van der Waals surface area contributed by atoms with Crippen molar-refractivity contribution in [2.75, 3.05) is 18.2 Å². The number of nitrogens with zero attached hydrogens (tertiary/aromatic N) is 1. The van der Waals surface area contributed by atoms with Crippen LogP contribution in [0.5, 0.6) is 0 Å². The zero-order valence-corrected chi connectivity index (χ0v) is 12.5. The summed E-state index contributed by atoms with van der Waals surface area (Å²) in [5.41, 5.74) is 0.276. The summed E-state index contributed by atoms with van der Waals surface area (Å²) in [6, 6.07) is 5.66. The van der Waals surface area contributed by atoms with Gasteiger partial charge in [-0.1, -0.05) is 23.7 Å². The number of thioether (sulfide) groups is 1. The van der Waals surface area contributed by atoms with Gasteiger partial charge in [-0.25, -0.2) is 4.79 Å². The molecule has 1 fully saturated rings. The lowest BCUT2D eigenvalue weighted by atomic mass is 10.2. The van der Waals surface area contributed by atoms with Gasteiger partial charge in [0.2, 0.25) is 5.91 Å². The number of carbonyl (C=O) groups excluding carboxylic acids is 2. The summed E-state index contributed by atoms with van der Waals surface area (Å²) in [6.45, 7) is -0.256. The van der Waals surface area contributed by atoms with Gasteiger partial charge >= 0.3 is 5.97 Å². The molecule has 0 bridgehead atoms. The maximum absolute atomic E-state index is 12.0. The fourth-order valence-corrected chi connectivity index (χ4v) is 3.28. The van der Waals surface area contributed by atoms with Gasteiger partial charge < -0.3 is 15.3 Å². The highest BCUT2D eigenvalue weighted by Crippen LogP contribution is 2.21. The Morgan fingerprint density at radius 2 is 2.10 bits per heavy atom. The van der Waals surface area contributed by atoms with Crippen LogP contribution in [0.25, 0.3) is 0 Å². The number of hydrogen-bond donors (Lipinski definition) is 2. The third-order valence-corrected chi connectivity index (χ3v) is 4.35.